The minimum Gasteiger partial charge on any atom is -0.200 e. The van der Waals surface area contributed by atoms with Gasteiger partial charge in [-0.2, -0.15) is 0 Å². The fraction of sp³-hybridized carbons (Fsp3) is 0.393. The fourth-order valence-electron chi connectivity index (χ4n) is 5.65. The minimum atomic E-state index is -2.18. The maximum atomic E-state index is 8.27. The van der Waals surface area contributed by atoms with Crippen molar-refractivity contribution in [2.24, 2.45) is 12.5 Å². The molecule has 1 heteroatoms. The van der Waals surface area contributed by atoms with Crippen LogP contribution in [0, 0.1) is 19.2 Å². The second-order valence-electron chi connectivity index (χ2n) is 9.28. The van der Waals surface area contributed by atoms with Crippen molar-refractivity contribution in [3.8, 4) is 22.4 Å². The Morgan fingerprint density at radius 3 is 2.52 bits per heavy atom. The quantitative estimate of drug-likeness (QED) is 0.443. The van der Waals surface area contributed by atoms with Crippen LogP contribution in [0.3, 0.4) is 0 Å². The van der Waals surface area contributed by atoms with Gasteiger partial charge in [-0.1, -0.05) is 49.2 Å². The first-order valence-electron chi connectivity index (χ1n) is 12.5. The van der Waals surface area contributed by atoms with Crippen molar-refractivity contribution in [1.82, 2.24) is 0 Å². The third-order valence-corrected chi connectivity index (χ3v) is 7.37. The van der Waals surface area contributed by atoms with Gasteiger partial charge in [0, 0.05) is 21.3 Å². The lowest BCUT2D eigenvalue weighted by atomic mass is 9.70. The maximum Gasteiger partial charge on any atom is 0.212 e. The Labute approximate surface area is 179 Å². The molecule has 2 aromatic carbocycles. The molecule has 1 spiro atoms. The van der Waals surface area contributed by atoms with Gasteiger partial charge < -0.3 is 0 Å². The highest BCUT2D eigenvalue weighted by molar-refractivity contribution is 5.70. The number of hydrogen-bond donors (Lipinski definition) is 0. The van der Waals surface area contributed by atoms with Gasteiger partial charge in [-0.25, -0.2) is 4.57 Å². The summed E-state index contributed by atoms with van der Waals surface area (Å²) < 4.78 is 26.9. The van der Waals surface area contributed by atoms with E-state index < -0.39 is 6.85 Å². The van der Waals surface area contributed by atoms with Gasteiger partial charge in [-0.15, -0.1) is 0 Å². The molecular formula is C28H32N+. The summed E-state index contributed by atoms with van der Waals surface area (Å²) in [5, 5.41) is 0. The van der Waals surface area contributed by atoms with Gasteiger partial charge in [0.2, 0.25) is 5.69 Å². The average molecular weight is 386 g/mol. The Balaban J connectivity index is 1.59. The molecule has 0 atom stereocenters. The predicted octanol–water partition coefficient (Wildman–Crippen LogP) is 6.51. The van der Waals surface area contributed by atoms with E-state index in [2.05, 4.69) is 41.8 Å². The number of fused-ring (bicyclic) bond motifs is 1. The summed E-state index contributed by atoms with van der Waals surface area (Å²) >= 11 is 0. The third kappa shape index (κ3) is 3.31. The number of benzene rings is 2. The topological polar surface area (TPSA) is 3.88 Å². The number of aromatic nitrogens is 1. The summed E-state index contributed by atoms with van der Waals surface area (Å²) in [6.07, 6.45) is 11.1. The molecule has 3 aromatic rings. The molecule has 1 aromatic heterocycles. The lowest BCUT2D eigenvalue weighted by molar-refractivity contribution is -0.660. The molecule has 1 heterocycles. The van der Waals surface area contributed by atoms with E-state index in [1.54, 1.807) is 0 Å². The van der Waals surface area contributed by atoms with Crippen molar-refractivity contribution < 1.29 is 8.68 Å². The molecule has 0 bridgehead atoms. The Morgan fingerprint density at radius 1 is 0.897 bits per heavy atom. The van der Waals surface area contributed by atoms with Gasteiger partial charge in [0.25, 0.3) is 0 Å². The van der Waals surface area contributed by atoms with Crippen molar-refractivity contribution in [1.29, 1.82) is 0 Å². The van der Waals surface area contributed by atoms with Crippen LogP contribution in [0.4, 0.5) is 0 Å². The smallest absolute Gasteiger partial charge is 0.200 e. The van der Waals surface area contributed by atoms with Crippen molar-refractivity contribution in [2.45, 2.75) is 58.7 Å². The highest BCUT2D eigenvalue weighted by Gasteiger charge is 2.36. The van der Waals surface area contributed by atoms with E-state index in [-0.39, 0.29) is 0 Å². The van der Waals surface area contributed by atoms with E-state index in [9.17, 15) is 0 Å². The lowest BCUT2D eigenvalue weighted by Gasteiger charge is -2.35. The molecule has 1 fully saturated rings. The molecule has 5 rings (SSSR count). The third-order valence-electron chi connectivity index (χ3n) is 7.37. The molecule has 0 unspecified atom stereocenters. The van der Waals surface area contributed by atoms with Gasteiger partial charge in [-0.05, 0) is 85.2 Å². The zero-order valence-corrected chi connectivity index (χ0v) is 17.6. The van der Waals surface area contributed by atoms with Crippen molar-refractivity contribution >= 4 is 0 Å². The van der Waals surface area contributed by atoms with E-state index in [0.29, 0.717) is 11.0 Å². The molecule has 0 N–H and O–H groups in total. The molecule has 1 saturated carbocycles. The standard InChI is InChI=1S/C28H32N/c1-20-8-4-5-9-25(20)27-16-21(2)26(19-29(27)3)23-10-11-24-18-28(13-6-7-14-28)15-12-22(24)17-23/h4-5,8-11,16-17,19H,6-7,12-15,18H2,1-3H3/q+1/i2D3. The van der Waals surface area contributed by atoms with Gasteiger partial charge >= 0.3 is 0 Å². The average Bonchev–Trinajstić information content (AvgIpc) is 3.20. The number of nitrogens with zero attached hydrogens (tertiary/aromatic N) is 1. The maximum absolute atomic E-state index is 8.27. The summed E-state index contributed by atoms with van der Waals surface area (Å²) in [4.78, 5) is 0. The number of aryl methyl sites for hydroxylation is 4. The number of hydrogen-bond acceptors (Lipinski definition) is 0. The molecular weight excluding hydrogens is 350 g/mol. The first-order chi connectivity index (χ1) is 15.3. The van der Waals surface area contributed by atoms with Crippen LogP contribution in [-0.2, 0) is 19.9 Å². The Kier molecular flexibility index (Phi) is 3.79. The van der Waals surface area contributed by atoms with Crippen LogP contribution in [0.2, 0.25) is 0 Å². The van der Waals surface area contributed by atoms with E-state index in [1.165, 1.54) is 49.7 Å². The van der Waals surface area contributed by atoms with Crippen LogP contribution in [0.5, 0.6) is 0 Å². The zero-order chi connectivity index (χ0) is 22.5. The summed E-state index contributed by atoms with van der Waals surface area (Å²) in [6.45, 7) is -0.107. The van der Waals surface area contributed by atoms with Crippen LogP contribution in [0.1, 0.15) is 58.5 Å². The largest absolute Gasteiger partial charge is 0.212 e. The molecule has 0 amide bonds. The first kappa shape index (κ1) is 15.4. The van der Waals surface area contributed by atoms with Crippen LogP contribution in [0.15, 0.2) is 54.7 Å². The van der Waals surface area contributed by atoms with Gasteiger partial charge in [0.15, 0.2) is 6.20 Å². The zero-order valence-electron chi connectivity index (χ0n) is 20.6. The van der Waals surface area contributed by atoms with Crippen molar-refractivity contribution in [2.75, 3.05) is 0 Å². The second kappa shape index (κ2) is 7.13. The van der Waals surface area contributed by atoms with Crippen LogP contribution in [-0.4, -0.2) is 0 Å². The van der Waals surface area contributed by atoms with E-state index >= 15 is 0 Å². The van der Waals surface area contributed by atoms with Crippen LogP contribution >= 0.6 is 0 Å². The van der Waals surface area contributed by atoms with E-state index in [0.717, 1.165) is 34.4 Å². The van der Waals surface area contributed by atoms with E-state index in [1.807, 2.05) is 31.4 Å². The highest BCUT2D eigenvalue weighted by Crippen LogP contribution is 2.48. The highest BCUT2D eigenvalue weighted by atomic mass is 14.9. The summed E-state index contributed by atoms with van der Waals surface area (Å²) in [5.74, 6) is 0. The number of pyridine rings is 1. The van der Waals surface area contributed by atoms with Crippen LogP contribution in [0.25, 0.3) is 22.4 Å². The Bertz CT molecular complexity index is 1170. The molecule has 0 aliphatic heterocycles. The van der Waals surface area contributed by atoms with Crippen molar-refractivity contribution in [3.63, 3.8) is 0 Å². The normalized spacial score (nSPS) is 19.4. The van der Waals surface area contributed by atoms with E-state index in [4.69, 9.17) is 4.11 Å². The summed E-state index contributed by atoms with van der Waals surface area (Å²) in [7, 11) is 2.01. The van der Waals surface area contributed by atoms with Crippen LogP contribution < -0.4 is 4.57 Å². The molecule has 0 saturated heterocycles. The second-order valence-corrected chi connectivity index (χ2v) is 9.28. The number of rotatable bonds is 2. The predicted molar refractivity (Wildman–Crippen MR) is 121 cm³/mol. The minimum absolute atomic E-state index is 0.428. The monoisotopic (exact) mass is 385 g/mol. The molecule has 1 nitrogen and oxygen atoms in total. The summed E-state index contributed by atoms with van der Waals surface area (Å²) in [6, 6.07) is 16.7. The fourth-order valence-corrected chi connectivity index (χ4v) is 5.65. The molecule has 0 radical (unpaired) electrons. The molecule has 2 aliphatic rings. The first-order valence-corrected chi connectivity index (χ1v) is 11.0. The molecule has 2 aliphatic carbocycles. The molecule has 148 valence electrons. The summed E-state index contributed by atoms with van der Waals surface area (Å²) in [5.41, 5.74) is 8.80. The van der Waals surface area contributed by atoms with Gasteiger partial charge in [0.1, 0.15) is 7.05 Å². The Morgan fingerprint density at radius 2 is 1.72 bits per heavy atom. The molecule has 29 heavy (non-hydrogen) atoms. The van der Waals surface area contributed by atoms with Crippen molar-refractivity contribution in [3.05, 3.63) is 77.0 Å². The lowest BCUT2D eigenvalue weighted by Crippen LogP contribution is -2.31. The van der Waals surface area contributed by atoms with Gasteiger partial charge in [-0.3, -0.25) is 0 Å². The SMILES string of the molecule is [2H]C([2H])([2H])c1cc(-c2ccccc2C)[n+](C)cc1-c1ccc2c(c1)CCC1(CCCC1)C2. The van der Waals surface area contributed by atoms with Gasteiger partial charge in [0.05, 0.1) is 0 Å². The Hall–Kier alpha value is -2.41.